The van der Waals surface area contributed by atoms with Crippen LogP contribution in [-0.2, 0) is 0 Å². The van der Waals surface area contributed by atoms with Gasteiger partial charge < -0.3 is 10.4 Å². The van der Waals surface area contributed by atoms with Gasteiger partial charge in [-0.05, 0) is 50.4 Å². The summed E-state index contributed by atoms with van der Waals surface area (Å²) in [6.07, 6.45) is 7.83. The van der Waals surface area contributed by atoms with Crippen molar-refractivity contribution in [3.63, 3.8) is 0 Å². The molecule has 0 aromatic heterocycles. The largest absolute Gasteiger partial charge is 0.396 e. The van der Waals surface area contributed by atoms with E-state index in [1.807, 2.05) is 0 Å². The number of rotatable bonds is 6. The molecule has 14 heavy (non-hydrogen) atoms. The van der Waals surface area contributed by atoms with Gasteiger partial charge in [0.25, 0.3) is 0 Å². The van der Waals surface area contributed by atoms with Crippen LogP contribution in [0.2, 0.25) is 0 Å². The molecule has 0 spiro atoms. The van der Waals surface area contributed by atoms with Gasteiger partial charge in [-0.1, -0.05) is 6.42 Å². The van der Waals surface area contributed by atoms with Crippen LogP contribution in [0.1, 0.15) is 45.4 Å². The number of hydrogen-bond donors (Lipinski definition) is 2. The van der Waals surface area contributed by atoms with Crippen LogP contribution in [0.5, 0.6) is 0 Å². The van der Waals surface area contributed by atoms with E-state index in [9.17, 15) is 0 Å². The molecular weight excluding hydrogens is 174 g/mol. The highest BCUT2D eigenvalue weighted by Crippen LogP contribution is 2.43. The molecular formula is C12H23NO. The molecule has 0 heterocycles. The lowest BCUT2D eigenvalue weighted by Gasteiger charge is -2.42. The van der Waals surface area contributed by atoms with Crippen LogP contribution >= 0.6 is 0 Å². The molecule has 2 nitrogen and oxygen atoms in total. The molecule has 2 saturated carbocycles. The van der Waals surface area contributed by atoms with Gasteiger partial charge in [0.1, 0.15) is 0 Å². The topological polar surface area (TPSA) is 32.3 Å². The van der Waals surface area contributed by atoms with Crippen molar-refractivity contribution in [2.24, 2.45) is 11.3 Å². The average molecular weight is 197 g/mol. The molecule has 2 rings (SSSR count). The predicted molar refractivity (Wildman–Crippen MR) is 58.2 cm³/mol. The zero-order valence-corrected chi connectivity index (χ0v) is 9.26. The first-order valence-corrected chi connectivity index (χ1v) is 6.10. The van der Waals surface area contributed by atoms with E-state index in [1.54, 1.807) is 0 Å². The Labute approximate surface area is 87.1 Å². The smallest absolute Gasteiger partial charge is 0.0436 e. The molecule has 0 saturated heterocycles. The molecule has 0 aliphatic heterocycles. The highest BCUT2D eigenvalue weighted by Gasteiger charge is 2.37. The Bertz CT molecular complexity index is 185. The standard InChI is InChI=1S/C12H23NO/c1-10(11-3-4-11)13-9-12(7-8-14)5-2-6-12/h10-11,13-14H,2-9H2,1H3. The highest BCUT2D eigenvalue weighted by molar-refractivity contribution is 4.92. The molecule has 0 aromatic rings. The van der Waals surface area contributed by atoms with Crippen LogP contribution in [-0.4, -0.2) is 24.3 Å². The number of hydrogen-bond acceptors (Lipinski definition) is 2. The Hall–Kier alpha value is -0.0800. The van der Waals surface area contributed by atoms with Gasteiger partial charge >= 0.3 is 0 Å². The Morgan fingerprint density at radius 3 is 2.57 bits per heavy atom. The van der Waals surface area contributed by atoms with E-state index in [1.165, 1.54) is 32.1 Å². The molecule has 2 N–H and O–H groups in total. The minimum absolute atomic E-state index is 0.361. The van der Waals surface area contributed by atoms with Gasteiger partial charge in [0.15, 0.2) is 0 Å². The molecule has 82 valence electrons. The average Bonchev–Trinajstić information content (AvgIpc) is 2.91. The van der Waals surface area contributed by atoms with Crippen LogP contribution < -0.4 is 5.32 Å². The first kappa shape index (κ1) is 10.4. The maximum absolute atomic E-state index is 9.03. The van der Waals surface area contributed by atoms with Crippen LogP contribution in [0.25, 0.3) is 0 Å². The van der Waals surface area contributed by atoms with E-state index >= 15 is 0 Å². The van der Waals surface area contributed by atoms with Crippen molar-refractivity contribution in [2.45, 2.75) is 51.5 Å². The summed E-state index contributed by atoms with van der Waals surface area (Å²) >= 11 is 0. The lowest BCUT2D eigenvalue weighted by atomic mass is 9.66. The van der Waals surface area contributed by atoms with Crippen molar-refractivity contribution in [1.82, 2.24) is 5.32 Å². The lowest BCUT2D eigenvalue weighted by Crippen LogP contribution is -2.44. The number of nitrogens with one attached hydrogen (secondary N) is 1. The monoisotopic (exact) mass is 197 g/mol. The van der Waals surface area contributed by atoms with Crippen molar-refractivity contribution < 1.29 is 5.11 Å². The SMILES string of the molecule is CC(NCC1(CCO)CCC1)C1CC1. The van der Waals surface area contributed by atoms with Gasteiger partial charge in [-0.2, -0.15) is 0 Å². The molecule has 1 unspecified atom stereocenters. The molecule has 0 amide bonds. The van der Waals surface area contributed by atoms with Gasteiger partial charge in [-0.25, -0.2) is 0 Å². The second-order valence-corrected chi connectivity index (χ2v) is 5.33. The quantitative estimate of drug-likeness (QED) is 0.682. The van der Waals surface area contributed by atoms with E-state index in [-0.39, 0.29) is 0 Å². The summed E-state index contributed by atoms with van der Waals surface area (Å²) in [6.45, 7) is 3.80. The fourth-order valence-corrected chi connectivity index (χ4v) is 2.57. The van der Waals surface area contributed by atoms with Gasteiger partial charge in [0.2, 0.25) is 0 Å². The lowest BCUT2D eigenvalue weighted by molar-refractivity contribution is 0.0824. The minimum Gasteiger partial charge on any atom is -0.396 e. The van der Waals surface area contributed by atoms with Gasteiger partial charge in [-0.3, -0.25) is 0 Å². The summed E-state index contributed by atoms with van der Waals surface area (Å²) in [6, 6.07) is 0.700. The van der Waals surface area contributed by atoms with E-state index in [0.717, 1.165) is 18.9 Å². The number of aliphatic hydroxyl groups is 1. The fraction of sp³-hybridized carbons (Fsp3) is 1.00. The summed E-state index contributed by atoms with van der Waals surface area (Å²) < 4.78 is 0. The van der Waals surface area contributed by atoms with Crippen molar-refractivity contribution in [3.8, 4) is 0 Å². The third kappa shape index (κ3) is 2.29. The maximum Gasteiger partial charge on any atom is 0.0436 e. The molecule has 0 radical (unpaired) electrons. The van der Waals surface area contributed by atoms with Crippen LogP contribution in [0, 0.1) is 11.3 Å². The Morgan fingerprint density at radius 1 is 1.43 bits per heavy atom. The molecule has 2 aliphatic carbocycles. The molecule has 0 bridgehead atoms. The predicted octanol–water partition coefficient (Wildman–Crippen LogP) is 1.93. The highest BCUT2D eigenvalue weighted by atomic mass is 16.3. The molecule has 1 atom stereocenters. The zero-order valence-electron chi connectivity index (χ0n) is 9.26. The van der Waals surface area contributed by atoms with E-state index < -0.39 is 0 Å². The summed E-state index contributed by atoms with van der Waals surface area (Å²) in [5, 5.41) is 12.7. The third-order valence-corrected chi connectivity index (χ3v) is 4.18. The second-order valence-electron chi connectivity index (χ2n) is 5.33. The van der Waals surface area contributed by atoms with E-state index in [2.05, 4.69) is 12.2 Å². The minimum atomic E-state index is 0.361. The second kappa shape index (κ2) is 4.19. The third-order valence-electron chi connectivity index (χ3n) is 4.18. The van der Waals surface area contributed by atoms with Crippen molar-refractivity contribution in [3.05, 3.63) is 0 Å². The van der Waals surface area contributed by atoms with E-state index in [4.69, 9.17) is 5.11 Å². The summed E-state index contributed by atoms with van der Waals surface area (Å²) in [4.78, 5) is 0. The van der Waals surface area contributed by atoms with Gasteiger partial charge in [-0.15, -0.1) is 0 Å². The van der Waals surface area contributed by atoms with Crippen LogP contribution in [0.4, 0.5) is 0 Å². The normalized spacial score (nSPS) is 27.0. The molecule has 2 fully saturated rings. The Kier molecular flexibility index (Phi) is 3.13. The first-order valence-electron chi connectivity index (χ1n) is 6.10. The number of aliphatic hydroxyl groups excluding tert-OH is 1. The fourth-order valence-electron chi connectivity index (χ4n) is 2.57. The molecule has 0 aromatic carbocycles. The molecule has 2 heteroatoms. The first-order chi connectivity index (χ1) is 6.76. The van der Waals surface area contributed by atoms with Gasteiger partial charge in [0, 0.05) is 19.2 Å². The van der Waals surface area contributed by atoms with Crippen molar-refractivity contribution >= 4 is 0 Å². The van der Waals surface area contributed by atoms with Crippen molar-refractivity contribution in [2.75, 3.05) is 13.2 Å². The Balaban J connectivity index is 1.71. The molecule has 2 aliphatic rings. The Morgan fingerprint density at radius 2 is 2.14 bits per heavy atom. The summed E-state index contributed by atoms with van der Waals surface area (Å²) in [5.74, 6) is 0.946. The van der Waals surface area contributed by atoms with E-state index in [0.29, 0.717) is 18.1 Å². The van der Waals surface area contributed by atoms with Crippen molar-refractivity contribution in [1.29, 1.82) is 0 Å². The van der Waals surface area contributed by atoms with Crippen LogP contribution in [0.3, 0.4) is 0 Å². The van der Waals surface area contributed by atoms with Gasteiger partial charge in [0.05, 0.1) is 0 Å². The van der Waals surface area contributed by atoms with Crippen LogP contribution in [0.15, 0.2) is 0 Å². The summed E-state index contributed by atoms with van der Waals surface area (Å²) in [7, 11) is 0. The summed E-state index contributed by atoms with van der Waals surface area (Å²) in [5.41, 5.74) is 0.456. The maximum atomic E-state index is 9.03. The zero-order chi connectivity index (χ0) is 10.0.